The SMILES string of the molecule is CC(=O)N[C@H]1[C@H](O[C@H]2[C@H](O)[C@@H](NC(C)=O)C(O)O[C@@H]2CO[C@@H]2O[C@@H](C)[C@@H](O)[C@@H](O)[C@@H]2O)O[C@H](CO)[C@@H](O[C@@H]2O[C@H](CO[C@H]3O[C@H](CO)[C@@H](O)[C@H](O)[C@@H]3O[C@@H]3O[C@H](CO)[C@@H](O[C@@H]4O[C@H](CO)[C@H](O)[C@H](O)[C@H]4O)[C@H](O)[C@H]3NC(C)=O)[C@@H](O)[C@H](O[C@H]3O[C@H](CO)[C@@H](O)[C@H](O)[C@@H]3O)[C@@H]2O)[C@@H]1O. The highest BCUT2D eigenvalue weighted by atomic mass is 16.8. The Kier molecular flexibility index (Phi) is 28.3. The van der Waals surface area contributed by atoms with Crippen molar-refractivity contribution in [3.63, 3.8) is 0 Å². The highest BCUT2D eigenvalue weighted by Crippen LogP contribution is 2.38. The molecule has 0 radical (unpaired) electrons. The maximum atomic E-state index is 13.0. The molecule has 0 aromatic carbocycles. The second-order valence-electron chi connectivity index (χ2n) is 24.6. The van der Waals surface area contributed by atoms with Crippen LogP contribution in [0.4, 0.5) is 0 Å². The van der Waals surface area contributed by atoms with E-state index in [0.29, 0.717) is 0 Å². The second kappa shape index (κ2) is 34.5. The Morgan fingerprint density at radius 2 is 0.619 bits per heavy atom. The summed E-state index contributed by atoms with van der Waals surface area (Å²) in [5, 5.41) is 247. The Balaban J connectivity index is 1.07. The summed E-state index contributed by atoms with van der Waals surface area (Å²) in [7, 11) is 0. The molecule has 3 amide bonds. The van der Waals surface area contributed by atoms with Gasteiger partial charge in [-0.15, -0.1) is 0 Å². The summed E-state index contributed by atoms with van der Waals surface area (Å²) in [6, 6.07) is -5.42. The van der Waals surface area contributed by atoms with Crippen molar-refractivity contribution in [1.82, 2.24) is 16.0 Å². The zero-order valence-electron chi connectivity index (χ0n) is 52.2. The topological polar surface area (TPSA) is 671 Å². The van der Waals surface area contributed by atoms with E-state index < -0.39 is 309 Å². The van der Waals surface area contributed by atoms with Gasteiger partial charge in [-0.25, -0.2) is 0 Å². The molecule has 25 N–H and O–H groups in total. The molecule has 562 valence electrons. The van der Waals surface area contributed by atoms with Gasteiger partial charge in [-0.05, 0) is 6.92 Å². The maximum absolute atomic E-state index is 13.0. The number of carbonyl (C=O) groups is 3. The molecule has 8 rings (SSSR count). The van der Waals surface area contributed by atoms with Crippen LogP contribution in [0.1, 0.15) is 27.7 Å². The van der Waals surface area contributed by atoms with Gasteiger partial charge in [0.1, 0.15) is 189 Å². The Morgan fingerprint density at radius 3 is 1.08 bits per heavy atom. The van der Waals surface area contributed by atoms with Gasteiger partial charge >= 0.3 is 0 Å². The molecule has 8 fully saturated rings. The zero-order valence-corrected chi connectivity index (χ0v) is 52.2. The lowest BCUT2D eigenvalue weighted by molar-refractivity contribution is -0.389. The van der Waals surface area contributed by atoms with Crippen LogP contribution in [0.15, 0.2) is 0 Å². The fraction of sp³-hybridized carbons (Fsp3) is 0.944. The first-order valence-electron chi connectivity index (χ1n) is 31.0. The second-order valence-corrected chi connectivity index (χ2v) is 24.6. The highest BCUT2D eigenvalue weighted by Gasteiger charge is 2.59. The first-order valence-corrected chi connectivity index (χ1v) is 31.0. The maximum Gasteiger partial charge on any atom is 0.217 e. The van der Waals surface area contributed by atoms with E-state index in [1.54, 1.807) is 0 Å². The van der Waals surface area contributed by atoms with Crippen LogP contribution in [-0.4, -0.2) is 422 Å². The number of amides is 3. The summed E-state index contributed by atoms with van der Waals surface area (Å²) in [5.41, 5.74) is 0. The Hall–Kier alpha value is -3.07. The molecule has 0 aliphatic carbocycles. The minimum absolute atomic E-state index is 0.790. The molecule has 8 aliphatic heterocycles. The van der Waals surface area contributed by atoms with Gasteiger partial charge in [-0.3, -0.25) is 14.4 Å². The minimum Gasteiger partial charge on any atom is -0.394 e. The fourth-order valence-corrected chi connectivity index (χ4v) is 12.4. The third kappa shape index (κ3) is 17.6. The van der Waals surface area contributed by atoms with Gasteiger partial charge in [0, 0.05) is 20.8 Å². The molecular weight excluding hydrogens is 1330 g/mol. The summed E-state index contributed by atoms with van der Waals surface area (Å²) < 4.78 is 87.6. The van der Waals surface area contributed by atoms with Gasteiger partial charge in [0.2, 0.25) is 17.7 Å². The average molecular weight is 1420 g/mol. The monoisotopic (exact) mass is 1420 g/mol. The van der Waals surface area contributed by atoms with Gasteiger partial charge in [0.05, 0.1) is 52.4 Å². The highest BCUT2D eigenvalue weighted by molar-refractivity contribution is 5.74. The molecule has 0 bridgehead atoms. The first kappa shape index (κ1) is 79.6. The van der Waals surface area contributed by atoms with Crippen LogP contribution < -0.4 is 16.0 Å². The molecule has 8 aliphatic rings. The van der Waals surface area contributed by atoms with E-state index in [4.69, 9.17) is 71.1 Å². The number of aliphatic hydroxyl groups is 22. The van der Waals surface area contributed by atoms with E-state index in [-0.39, 0.29) is 0 Å². The lowest BCUT2D eigenvalue weighted by Crippen LogP contribution is -2.70. The molecule has 8 saturated heterocycles. The standard InChI is InChI=1S/C54H91N3O40/c1-12-26(66)34(74)38(78)50(85-12)83-11-22-44(31(71)23(47(82)86-22)55-13(2)63)93-48-24(56-14(3)64)32(72)43(20(9-62)90-48)95-53-41(81)45(96-52-40(80)36(76)28(68)17(6-59)88-52)30(70)21(92-53)10-84-54-46(37(77)29(69)18(7-60)89-54)97-49-25(57-15(4)65)33(73)42(19(8-61)91-49)94-51-39(79)35(75)27(67)16(5-58)87-51/h12,16-54,58-62,66-82H,5-11H2,1-4H3,(H,55,63)(H,56,64)(H,57,65)/t12-,16+,17+,18+,19+,20+,21+,22+,23+,24+,25+,26+,27-,28+,29+,30+,31+,32+,33+,34+,35-,36-,37-,38-,39+,40-,41-,42+,43+,44+,45-,46-,47?,48-,49-,50+,51-,52+,53-,54-/m0/s1. The first-order chi connectivity index (χ1) is 45.8. The Bertz CT molecular complexity index is 2490. The predicted molar refractivity (Wildman–Crippen MR) is 298 cm³/mol. The van der Waals surface area contributed by atoms with Crippen molar-refractivity contribution in [2.45, 2.75) is 273 Å². The third-order valence-electron chi connectivity index (χ3n) is 17.8. The van der Waals surface area contributed by atoms with E-state index in [9.17, 15) is 127 Å². The Morgan fingerprint density at radius 1 is 0.289 bits per heavy atom. The summed E-state index contributed by atoms with van der Waals surface area (Å²) in [6.45, 7) is -2.76. The predicted octanol–water partition coefficient (Wildman–Crippen LogP) is -17.0. The minimum atomic E-state index is -2.39. The zero-order chi connectivity index (χ0) is 71.5. The molecule has 0 spiro atoms. The molecule has 43 nitrogen and oxygen atoms in total. The van der Waals surface area contributed by atoms with E-state index >= 15 is 0 Å². The number of hydrogen-bond donors (Lipinski definition) is 25. The lowest BCUT2D eigenvalue weighted by Gasteiger charge is -2.50. The van der Waals surface area contributed by atoms with E-state index in [1.807, 2.05) is 0 Å². The molecule has 43 heteroatoms. The molecule has 0 aromatic rings. The average Bonchev–Trinajstić information content (AvgIpc) is 0.777. The van der Waals surface area contributed by atoms with Crippen molar-refractivity contribution in [3.05, 3.63) is 0 Å². The number of hydrogen-bond acceptors (Lipinski definition) is 40. The Labute approximate surface area is 549 Å². The number of rotatable bonds is 24. The molecule has 40 atom stereocenters. The van der Waals surface area contributed by atoms with Gasteiger partial charge in [-0.2, -0.15) is 0 Å². The van der Waals surface area contributed by atoms with E-state index in [1.165, 1.54) is 6.92 Å². The summed E-state index contributed by atoms with van der Waals surface area (Å²) >= 11 is 0. The van der Waals surface area contributed by atoms with Crippen LogP contribution in [-0.2, 0) is 85.4 Å². The van der Waals surface area contributed by atoms with Crippen LogP contribution >= 0.6 is 0 Å². The number of nitrogens with one attached hydrogen (secondary N) is 3. The van der Waals surface area contributed by atoms with E-state index in [0.717, 1.165) is 20.8 Å². The van der Waals surface area contributed by atoms with Crippen LogP contribution in [0, 0.1) is 0 Å². The third-order valence-corrected chi connectivity index (χ3v) is 17.8. The molecular formula is C54H91N3O40. The summed E-state index contributed by atoms with van der Waals surface area (Å²) in [4.78, 5) is 38.0. The summed E-state index contributed by atoms with van der Waals surface area (Å²) in [5.74, 6) is -2.60. The van der Waals surface area contributed by atoms with Crippen LogP contribution in [0.3, 0.4) is 0 Å². The smallest absolute Gasteiger partial charge is 0.217 e. The van der Waals surface area contributed by atoms with Gasteiger partial charge in [-0.1, -0.05) is 0 Å². The van der Waals surface area contributed by atoms with Crippen molar-refractivity contribution in [1.29, 1.82) is 0 Å². The molecule has 97 heavy (non-hydrogen) atoms. The normalized spacial score (nSPS) is 49.9. The largest absolute Gasteiger partial charge is 0.394 e. The van der Waals surface area contributed by atoms with Crippen LogP contribution in [0.2, 0.25) is 0 Å². The van der Waals surface area contributed by atoms with Crippen molar-refractivity contribution in [2.24, 2.45) is 0 Å². The van der Waals surface area contributed by atoms with E-state index in [2.05, 4.69) is 16.0 Å². The lowest BCUT2D eigenvalue weighted by atomic mass is 9.93. The number of aliphatic hydroxyl groups excluding tert-OH is 22. The molecule has 0 aromatic heterocycles. The van der Waals surface area contributed by atoms with Crippen molar-refractivity contribution < 1.29 is 198 Å². The van der Waals surface area contributed by atoms with Crippen molar-refractivity contribution in [3.8, 4) is 0 Å². The van der Waals surface area contributed by atoms with Gasteiger partial charge in [0.25, 0.3) is 0 Å². The van der Waals surface area contributed by atoms with Crippen molar-refractivity contribution >= 4 is 17.7 Å². The fourth-order valence-electron chi connectivity index (χ4n) is 12.4. The summed E-state index contributed by atoms with van der Waals surface area (Å²) in [6.07, 6.45) is -72.4. The van der Waals surface area contributed by atoms with Crippen LogP contribution in [0.5, 0.6) is 0 Å². The number of carbonyl (C=O) groups excluding carboxylic acids is 3. The van der Waals surface area contributed by atoms with Gasteiger partial charge < -0.3 is 199 Å². The quantitative estimate of drug-likeness (QED) is 0.0427. The van der Waals surface area contributed by atoms with Crippen molar-refractivity contribution in [2.75, 3.05) is 46.2 Å². The van der Waals surface area contributed by atoms with Crippen LogP contribution in [0.25, 0.3) is 0 Å². The number of ether oxygens (including phenoxy) is 15. The molecule has 8 heterocycles. The van der Waals surface area contributed by atoms with Gasteiger partial charge in [0.15, 0.2) is 50.3 Å². The molecule has 1 unspecified atom stereocenters. The molecule has 0 saturated carbocycles.